The molecule has 1 aliphatic rings. The van der Waals surface area contributed by atoms with E-state index < -0.39 is 64.1 Å². The zero-order chi connectivity index (χ0) is 42.3. The van der Waals surface area contributed by atoms with Crippen LogP contribution in [0.1, 0.15) is 67.2 Å². The van der Waals surface area contributed by atoms with Gasteiger partial charge in [-0.3, -0.25) is 0 Å². The van der Waals surface area contributed by atoms with E-state index in [-0.39, 0.29) is 19.5 Å². The number of hydrogen-bond acceptors (Lipinski definition) is 15. The van der Waals surface area contributed by atoms with E-state index >= 15 is 0 Å². The van der Waals surface area contributed by atoms with Crippen molar-refractivity contribution >= 4 is 47.6 Å². The largest absolute Gasteiger partial charge is 3.00 e. The van der Waals surface area contributed by atoms with Crippen molar-refractivity contribution in [2.45, 2.75) is 83.8 Å². The third-order valence-electron chi connectivity index (χ3n) is 3.59. The summed E-state index contributed by atoms with van der Waals surface area (Å²) in [5.74, 6) is 0. The molecule has 0 N–H and O–H groups in total. The van der Waals surface area contributed by atoms with Crippen molar-refractivity contribution in [3.63, 3.8) is 0 Å². The van der Waals surface area contributed by atoms with E-state index in [1.807, 2.05) is 41.5 Å². The Morgan fingerprint density at radius 2 is 0.547 bits per heavy atom. The average Bonchev–Trinajstić information content (AvgIpc) is 2.92. The second kappa shape index (κ2) is 35.0. The van der Waals surface area contributed by atoms with Gasteiger partial charge in [0, 0.05) is 0 Å². The van der Waals surface area contributed by atoms with Crippen LogP contribution in [0.15, 0.2) is 24.3 Å². The fourth-order valence-corrected chi connectivity index (χ4v) is 3.42. The zero-order valence-electron chi connectivity index (χ0n) is 28.9. The molecule has 0 aliphatic heterocycles. The van der Waals surface area contributed by atoms with E-state index in [4.69, 9.17) is 66.1 Å². The van der Waals surface area contributed by atoms with Gasteiger partial charge in [-0.1, -0.05) is 24.3 Å². The predicted molar refractivity (Wildman–Crippen MR) is 168 cm³/mol. The monoisotopic (exact) mass is 990 g/mol. The molecule has 0 aromatic rings. The molecule has 0 saturated carbocycles. The summed E-state index contributed by atoms with van der Waals surface area (Å²) in [5, 5.41) is 0. The van der Waals surface area contributed by atoms with Crippen molar-refractivity contribution in [3.05, 3.63) is 24.3 Å². The van der Waals surface area contributed by atoms with Crippen LogP contribution in [0.2, 0.25) is 0 Å². The summed E-state index contributed by atoms with van der Waals surface area (Å²) in [6.45, 7) is 15.4. The number of allylic oxidation sites excluding steroid dienone is 4. The summed E-state index contributed by atoms with van der Waals surface area (Å²) >= 11 is 0. The summed E-state index contributed by atoms with van der Waals surface area (Å²) in [6, 6.07) is 0. The molecule has 0 bridgehead atoms. The Morgan fingerprint density at radius 1 is 0.434 bits per heavy atom. The molecule has 0 saturated heterocycles. The van der Waals surface area contributed by atoms with Crippen molar-refractivity contribution in [2.75, 3.05) is 39.6 Å². The first-order valence-electron chi connectivity index (χ1n) is 14.2. The van der Waals surface area contributed by atoms with Crippen molar-refractivity contribution in [1.29, 1.82) is 0 Å². The molecule has 0 radical (unpaired) electrons. The van der Waals surface area contributed by atoms with Gasteiger partial charge in [0.2, 0.25) is 0 Å². The first-order valence-corrected chi connectivity index (χ1v) is 20.6. The minimum Gasteiger partial charge on any atom is -0.741 e. The predicted octanol–water partition coefficient (Wildman–Crippen LogP) is 7.47. The van der Waals surface area contributed by atoms with E-state index in [2.05, 4.69) is 24.3 Å². The van der Waals surface area contributed by atoms with Gasteiger partial charge < -0.3 is 40.8 Å². The molecule has 0 fully saturated rings. The summed E-state index contributed by atoms with van der Waals surface area (Å²) in [4.78, 5) is 0. The quantitative estimate of drug-likeness (QED) is 0.0461. The normalized spacial score (nSPS) is 14.6. The Kier molecular flexibility index (Phi) is 42.8. The molecule has 0 aromatic heterocycles. The molecule has 0 spiro atoms. The van der Waals surface area contributed by atoms with Crippen molar-refractivity contribution in [2.24, 2.45) is 0 Å². The summed E-state index contributed by atoms with van der Waals surface area (Å²) < 4.78 is 208. The van der Waals surface area contributed by atoms with Crippen molar-refractivity contribution in [3.8, 4) is 0 Å². The first kappa shape index (κ1) is 64.7. The molecule has 0 aromatic carbocycles. The van der Waals surface area contributed by atoms with Crippen LogP contribution < -0.4 is 0 Å². The van der Waals surface area contributed by atoms with E-state index in [1.54, 1.807) is 0 Å². The third kappa shape index (κ3) is 46.1. The van der Waals surface area contributed by atoms with Crippen molar-refractivity contribution < 1.29 is 125 Å². The molecular weight excluding hydrogens is 948 g/mol. The molecule has 324 valence electrons. The van der Waals surface area contributed by atoms with E-state index in [0.29, 0.717) is 39.6 Å². The van der Waals surface area contributed by atoms with Crippen LogP contribution in [0, 0.1) is 0 Å². The van der Waals surface area contributed by atoms with Crippen LogP contribution in [0.3, 0.4) is 0 Å². The number of rotatable bonds is 12. The van der Waals surface area contributed by atoms with Crippen LogP contribution in [0.4, 0.5) is 39.5 Å². The Labute approximate surface area is 319 Å². The molecule has 1 aliphatic carbocycles. The second-order valence-electron chi connectivity index (χ2n) is 7.75. The molecule has 53 heavy (non-hydrogen) atoms. The molecule has 0 unspecified atom stereocenters. The molecule has 30 heteroatoms. The molecule has 1 rings (SSSR count). The Morgan fingerprint density at radius 3 is 0.623 bits per heavy atom. The van der Waals surface area contributed by atoms with Crippen LogP contribution in [-0.2, 0) is 77.0 Å². The summed E-state index contributed by atoms with van der Waals surface area (Å²) in [5.41, 5.74) is -16.9. The second-order valence-corrected chi connectivity index (χ2v) is 14.3. The summed E-state index contributed by atoms with van der Waals surface area (Å²) in [7, 11) is -20.4. The van der Waals surface area contributed by atoms with Crippen molar-refractivity contribution in [1.82, 2.24) is 0 Å². The molecule has 15 nitrogen and oxygen atoms in total. The SMILES string of the molecule is C1=C\CC/C=C\CC/1.CCOP(OCC)OCC.CCOP(OCC)OCC.O=S(=O)([O-])C(F)(F)F.O=S(=O)([O-])C(F)(F)F.O=S(=O)([O-])C(F)(F)F.[Rh+3]. The fourth-order valence-electron chi connectivity index (χ4n) is 1.71. The zero-order valence-corrected chi connectivity index (χ0v) is 34.7. The van der Waals surface area contributed by atoms with Gasteiger partial charge in [0.05, 0.1) is 39.6 Å². The van der Waals surface area contributed by atoms with Gasteiger partial charge in [0.1, 0.15) is 0 Å². The maximum atomic E-state index is 10.7. The van der Waals surface area contributed by atoms with E-state index in [9.17, 15) is 39.5 Å². The summed E-state index contributed by atoms with van der Waals surface area (Å²) in [6.07, 6.45) is 14.0. The maximum Gasteiger partial charge on any atom is 3.00 e. The van der Waals surface area contributed by atoms with Gasteiger partial charge in [-0.25, -0.2) is 25.3 Å². The smallest absolute Gasteiger partial charge is 0.741 e. The van der Waals surface area contributed by atoms with Gasteiger partial charge in [-0.2, -0.15) is 39.5 Å². The molecule has 0 heterocycles. The Bertz CT molecular complexity index is 1070. The molecule has 0 amide bonds. The van der Waals surface area contributed by atoms with Gasteiger partial charge in [0.15, 0.2) is 30.4 Å². The Balaban J connectivity index is -0.000000125. The molecule has 0 atom stereocenters. The van der Waals surface area contributed by atoms with E-state index in [1.165, 1.54) is 25.7 Å². The van der Waals surface area contributed by atoms with E-state index in [0.717, 1.165) is 0 Å². The minimum absolute atomic E-state index is 0. The van der Waals surface area contributed by atoms with Gasteiger partial charge >= 0.3 is 53.2 Å². The Hall–Kier alpha value is -0.177. The van der Waals surface area contributed by atoms with Gasteiger partial charge in [-0.15, -0.1) is 0 Å². The molecular formula is C23H42F9O15P2RhS3. The van der Waals surface area contributed by atoms with Crippen LogP contribution in [0.5, 0.6) is 0 Å². The first-order chi connectivity index (χ1) is 23.4. The minimum atomic E-state index is -6.09. The number of halogens is 9. The van der Waals surface area contributed by atoms with Crippen LogP contribution >= 0.6 is 17.2 Å². The maximum absolute atomic E-state index is 10.7. The number of hydrogen-bond donors (Lipinski definition) is 0. The van der Waals surface area contributed by atoms with Crippen LogP contribution in [-0.4, -0.2) is 95.1 Å². The fraction of sp³-hybridized carbons (Fsp3) is 0.826. The van der Waals surface area contributed by atoms with Gasteiger partial charge in [-0.05, 0) is 67.2 Å². The van der Waals surface area contributed by atoms with Gasteiger partial charge in [0.25, 0.3) is 0 Å². The average molecular weight is 991 g/mol. The standard InChI is InChI=1S/C8H12.2C6H15O3P.3CHF3O3S.Rh/c1-2-4-6-8-7-5-3-1;2*1-4-7-10(8-5-2)9-6-3;3*2-1(3,4)8(5,6)7;/h1-2,7-8H,3-6H2;2*4-6H2,1-3H3;3*(H,5,6,7);/q;;;;;;+3/p-3/b2-1-,8-7-;;;;;;. The third-order valence-corrected chi connectivity index (χ3v) is 8.11. The van der Waals surface area contributed by atoms with Crippen LogP contribution in [0.25, 0.3) is 0 Å². The topological polar surface area (TPSA) is 227 Å². The number of alkyl halides is 9.